The minimum atomic E-state index is -1.08. The van der Waals surface area contributed by atoms with Crippen molar-refractivity contribution in [1.82, 2.24) is 0 Å². The predicted octanol–water partition coefficient (Wildman–Crippen LogP) is 5.92. The van der Waals surface area contributed by atoms with Gasteiger partial charge < -0.3 is 4.74 Å². The highest BCUT2D eigenvalue weighted by molar-refractivity contribution is 9.10. The van der Waals surface area contributed by atoms with Crippen LogP contribution in [0, 0.1) is 0 Å². The number of esters is 1. The SMILES string of the molecule is COC(=O)C1=NN(c2ccccc2)C2(S1)S/C(=C/c1ccc(Br)cc1)C(=O)N2c1ccccc1. The fourth-order valence-electron chi connectivity index (χ4n) is 3.64. The van der Waals surface area contributed by atoms with Crippen LogP contribution < -0.4 is 9.91 Å². The van der Waals surface area contributed by atoms with E-state index in [4.69, 9.17) is 4.74 Å². The Bertz CT molecular complexity index is 1300. The van der Waals surface area contributed by atoms with Crippen LogP contribution in [0.25, 0.3) is 6.08 Å². The van der Waals surface area contributed by atoms with E-state index in [1.165, 1.54) is 30.6 Å². The second kappa shape index (κ2) is 9.32. The molecule has 1 fully saturated rings. The van der Waals surface area contributed by atoms with Gasteiger partial charge in [0.2, 0.25) is 9.37 Å². The minimum absolute atomic E-state index is 0.172. The number of nitrogens with zero attached hydrogens (tertiary/aromatic N) is 3. The molecule has 1 unspecified atom stereocenters. The number of halogens is 1. The summed E-state index contributed by atoms with van der Waals surface area (Å²) in [6, 6.07) is 26.7. The molecule has 0 aliphatic carbocycles. The molecule has 0 aromatic heterocycles. The number of hydrogen-bond donors (Lipinski definition) is 0. The molecule has 1 saturated heterocycles. The first-order valence-corrected chi connectivity index (χ1v) is 12.7. The van der Waals surface area contributed by atoms with Gasteiger partial charge in [0, 0.05) is 10.2 Å². The fourth-order valence-corrected chi connectivity index (χ4v) is 6.80. The number of hydrazone groups is 1. The first-order valence-electron chi connectivity index (χ1n) is 10.3. The van der Waals surface area contributed by atoms with Crippen LogP contribution >= 0.6 is 39.5 Å². The molecule has 3 aromatic carbocycles. The zero-order valence-corrected chi connectivity index (χ0v) is 21.1. The monoisotopic (exact) mass is 551 g/mol. The number of anilines is 2. The summed E-state index contributed by atoms with van der Waals surface area (Å²) in [5.74, 6) is -0.719. The van der Waals surface area contributed by atoms with Crippen molar-refractivity contribution in [2.45, 2.75) is 4.33 Å². The van der Waals surface area contributed by atoms with Crippen LogP contribution in [0.5, 0.6) is 0 Å². The maximum Gasteiger partial charge on any atom is 0.365 e. The Morgan fingerprint density at radius 1 is 0.941 bits per heavy atom. The van der Waals surface area contributed by atoms with Gasteiger partial charge in [-0.1, -0.05) is 76.2 Å². The highest BCUT2D eigenvalue weighted by atomic mass is 79.9. The van der Waals surface area contributed by atoms with Crippen LogP contribution in [0.2, 0.25) is 0 Å². The zero-order chi connectivity index (χ0) is 23.7. The van der Waals surface area contributed by atoms with Crippen LogP contribution in [-0.2, 0) is 14.3 Å². The van der Waals surface area contributed by atoms with Crippen molar-refractivity contribution in [2.24, 2.45) is 5.10 Å². The molecule has 170 valence electrons. The van der Waals surface area contributed by atoms with Crippen molar-refractivity contribution in [1.29, 1.82) is 0 Å². The van der Waals surface area contributed by atoms with Crippen molar-refractivity contribution in [2.75, 3.05) is 17.0 Å². The highest BCUT2D eigenvalue weighted by Crippen LogP contribution is 2.59. The lowest BCUT2D eigenvalue weighted by molar-refractivity contribution is -0.132. The molecule has 0 N–H and O–H groups in total. The average molecular weight is 552 g/mol. The number of ether oxygens (including phenoxy) is 1. The Morgan fingerprint density at radius 3 is 2.18 bits per heavy atom. The lowest BCUT2D eigenvalue weighted by Gasteiger charge is -2.38. The van der Waals surface area contributed by atoms with Gasteiger partial charge in [-0.15, -0.1) is 0 Å². The van der Waals surface area contributed by atoms with E-state index >= 15 is 0 Å². The van der Waals surface area contributed by atoms with Gasteiger partial charge in [-0.25, -0.2) is 9.80 Å². The molecular formula is C25H18BrN3O3S2. The van der Waals surface area contributed by atoms with Crippen LogP contribution in [0.3, 0.4) is 0 Å². The molecule has 2 aliphatic heterocycles. The second-order valence-corrected chi connectivity index (χ2v) is 10.9. The molecule has 0 radical (unpaired) electrons. The van der Waals surface area contributed by atoms with E-state index < -0.39 is 10.3 Å². The number of thioether (sulfide) groups is 2. The summed E-state index contributed by atoms with van der Waals surface area (Å²) in [7, 11) is 1.32. The Morgan fingerprint density at radius 2 is 1.56 bits per heavy atom. The summed E-state index contributed by atoms with van der Waals surface area (Å²) in [4.78, 5) is 28.6. The van der Waals surface area contributed by atoms with E-state index in [2.05, 4.69) is 21.0 Å². The second-order valence-electron chi connectivity index (χ2n) is 7.33. The molecular weight excluding hydrogens is 534 g/mol. The molecule has 0 saturated carbocycles. The van der Waals surface area contributed by atoms with Gasteiger partial charge in [-0.2, -0.15) is 5.10 Å². The summed E-state index contributed by atoms with van der Waals surface area (Å²) in [5, 5.41) is 6.52. The van der Waals surface area contributed by atoms with Gasteiger partial charge in [0.05, 0.1) is 17.7 Å². The van der Waals surface area contributed by atoms with Crippen LogP contribution in [0.15, 0.2) is 99.4 Å². The van der Waals surface area contributed by atoms with Crippen LogP contribution in [-0.4, -0.2) is 28.4 Å². The molecule has 0 bridgehead atoms. The first kappa shape index (κ1) is 22.8. The third-order valence-electron chi connectivity index (χ3n) is 5.17. The maximum atomic E-state index is 13.9. The number of benzene rings is 3. The number of para-hydroxylation sites is 2. The third-order valence-corrected chi connectivity index (χ3v) is 8.40. The van der Waals surface area contributed by atoms with Crippen molar-refractivity contribution < 1.29 is 14.3 Å². The van der Waals surface area contributed by atoms with Crippen molar-refractivity contribution in [3.63, 3.8) is 0 Å². The summed E-state index contributed by atoms with van der Waals surface area (Å²) in [6.07, 6.45) is 1.87. The quantitative estimate of drug-likeness (QED) is 0.296. The molecule has 34 heavy (non-hydrogen) atoms. The number of carbonyl (C=O) groups excluding carboxylic acids is 2. The number of rotatable bonds is 4. The van der Waals surface area contributed by atoms with Crippen molar-refractivity contribution >= 4 is 73.8 Å². The lowest BCUT2D eigenvalue weighted by atomic mass is 10.2. The van der Waals surface area contributed by atoms with Gasteiger partial charge in [-0.3, -0.25) is 9.69 Å². The van der Waals surface area contributed by atoms with E-state index in [1.807, 2.05) is 91.0 Å². The normalized spacial score (nSPS) is 20.8. The topological polar surface area (TPSA) is 62.2 Å². The van der Waals surface area contributed by atoms with E-state index in [0.29, 0.717) is 10.6 Å². The third kappa shape index (κ3) is 4.04. The Balaban J connectivity index is 1.67. The van der Waals surface area contributed by atoms with Crippen molar-refractivity contribution in [3.05, 3.63) is 99.9 Å². The van der Waals surface area contributed by atoms with Crippen LogP contribution in [0.1, 0.15) is 5.56 Å². The lowest BCUT2D eigenvalue weighted by Crippen LogP contribution is -2.51. The van der Waals surface area contributed by atoms with E-state index in [0.717, 1.165) is 15.7 Å². The maximum absolute atomic E-state index is 13.9. The molecule has 1 spiro atoms. The van der Waals surface area contributed by atoms with Crippen LogP contribution in [0.4, 0.5) is 11.4 Å². The van der Waals surface area contributed by atoms with Gasteiger partial charge in [0.25, 0.3) is 5.91 Å². The molecule has 9 heteroatoms. The largest absolute Gasteiger partial charge is 0.464 e. The Kier molecular flexibility index (Phi) is 6.24. The minimum Gasteiger partial charge on any atom is -0.464 e. The number of carbonyl (C=O) groups is 2. The Hall–Kier alpha value is -3.01. The molecule has 5 rings (SSSR count). The Labute approximate surface area is 213 Å². The summed E-state index contributed by atoms with van der Waals surface area (Å²) in [6.45, 7) is 0. The summed E-state index contributed by atoms with van der Waals surface area (Å²) in [5.41, 5.74) is 2.35. The predicted molar refractivity (Wildman–Crippen MR) is 142 cm³/mol. The molecule has 1 atom stereocenters. The molecule has 1 amide bonds. The molecule has 6 nitrogen and oxygen atoms in total. The van der Waals surface area contributed by atoms with Gasteiger partial charge >= 0.3 is 5.97 Å². The average Bonchev–Trinajstić information content (AvgIpc) is 3.38. The standard InChI is InChI=1S/C25H18BrN3O3S2/c1-32-24(31)22-27-29(20-10-6-3-7-11-20)25(34-22)28(19-8-4-2-5-9-19)23(30)21(33-25)16-17-12-14-18(26)15-13-17/h2-16H,1H3/b21-16+. The first-order chi connectivity index (χ1) is 16.5. The zero-order valence-electron chi connectivity index (χ0n) is 17.9. The summed E-state index contributed by atoms with van der Waals surface area (Å²) < 4.78 is 4.85. The van der Waals surface area contributed by atoms with Crippen molar-refractivity contribution in [3.8, 4) is 0 Å². The highest BCUT2D eigenvalue weighted by Gasteiger charge is 2.60. The number of amides is 1. The van der Waals surface area contributed by atoms with Gasteiger partial charge in [-0.05, 0) is 59.8 Å². The van der Waals surface area contributed by atoms with E-state index in [-0.39, 0.29) is 11.0 Å². The van der Waals surface area contributed by atoms with E-state index in [1.54, 1.807) is 9.91 Å². The van der Waals surface area contributed by atoms with Gasteiger partial charge in [0.1, 0.15) is 0 Å². The summed E-state index contributed by atoms with van der Waals surface area (Å²) >= 11 is 6.01. The van der Waals surface area contributed by atoms with E-state index in [9.17, 15) is 9.59 Å². The van der Waals surface area contributed by atoms with Gasteiger partial charge in [0.15, 0.2) is 0 Å². The fraction of sp³-hybridized carbons (Fsp3) is 0.0800. The number of hydrogen-bond acceptors (Lipinski definition) is 7. The molecule has 2 heterocycles. The number of methoxy groups -OCH3 is 1. The molecule has 3 aromatic rings. The molecule has 2 aliphatic rings. The smallest absolute Gasteiger partial charge is 0.365 e.